The summed E-state index contributed by atoms with van der Waals surface area (Å²) in [4.78, 5) is 16.0. The predicted octanol–water partition coefficient (Wildman–Crippen LogP) is 8.24. The zero-order valence-corrected chi connectivity index (χ0v) is 35.9. The van der Waals surface area contributed by atoms with Gasteiger partial charge in [-0.25, -0.2) is 5.14 Å². The van der Waals surface area contributed by atoms with E-state index in [0.29, 0.717) is 44.2 Å². The van der Waals surface area contributed by atoms with Gasteiger partial charge in [0.05, 0.1) is 11.5 Å². The van der Waals surface area contributed by atoms with Crippen molar-refractivity contribution in [2.45, 2.75) is 151 Å². The minimum absolute atomic E-state index is 0.0292. The molecule has 0 spiro atoms. The number of allylic oxidation sites excluding steroid dienone is 3. The van der Waals surface area contributed by atoms with Crippen LogP contribution >= 0.6 is 0 Å². The second-order valence-electron chi connectivity index (χ2n) is 21.4. The van der Waals surface area contributed by atoms with Gasteiger partial charge in [0.15, 0.2) is 0 Å². The Morgan fingerprint density at radius 3 is 2.09 bits per heavy atom. The smallest absolute Gasteiger partial charge is 0.277 e. The summed E-state index contributed by atoms with van der Waals surface area (Å²) in [6, 6.07) is 0. The Labute approximate surface area is 327 Å². The maximum Gasteiger partial charge on any atom is 0.277 e. The fourth-order valence-electron chi connectivity index (χ4n) is 14.9. The van der Waals surface area contributed by atoms with Crippen molar-refractivity contribution >= 4 is 16.1 Å². The van der Waals surface area contributed by atoms with Crippen molar-refractivity contribution in [1.82, 2.24) is 9.21 Å². The molecule has 9 nitrogen and oxygen atoms in total. The Kier molecular flexibility index (Phi) is 10.5. The van der Waals surface area contributed by atoms with Crippen molar-refractivity contribution < 1.29 is 23.1 Å². The van der Waals surface area contributed by atoms with Gasteiger partial charge in [0.25, 0.3) is 10.2 Å². The number of nitrogens with two attached hydrogens (primary N) is 2. The minimum atomic E-state index is -3.76. The van der Waals surface area contributed by atoms with Gasteiger partial charge in [-0.3, -0.25) is 4.79 Å². The standard InChI is InChI=1S/C44H74N4O5S/c1-29(2)32-12-18-43(28-36(50)47-22-24-48(25-23-47)54(46,51)52)21-20-42(11)41(10)17-13-33-39(7,8)35(53-31(4)27-38(5,6)26-30(3)49)15-16-40(33,9)34(41)14-19-44(42,45)37(32)43/h32-35,37,49H,1,3-4,12-28,45H2,2,5-11H3,(H2,46,51,52)/t32-,33-,34+,35-,37-,40-,41+,42-,43+,44?/m0/s1. The number of carbonyl (C=O) groups is 1. The molecule has 0 aromatic carbocycles. The molecule has 1 saturated heterocycles. The topological polar surface area (TPSA) is 139 Å². The van der Waals surface area contributed by atoms with Crippen LogP contribution in [-0.4, -0.2) is 66.5 Å². The average Bonchev–Trinajstić information content (AvgIpc) is 3.43. The third-order valence-electron chi connectivity index (χ3n) is 17.6. The first-order valence-corrected chi connectivity index (χ1v) is 22.5. The lowest BCUT2D eigenvalue weighted by Crippen LogP contribution is -2.76. The van der Waals surface area contributed by atoms with Crippen LogP contribution in [-0.2, 0) is 19.7 Å². The van der Waals surface area contributed by atoms with Gasteiger partial charge in [0.1, 0.15) is 6.10 Å². The molecule has 0 aromatic heterocycles. The van der Waals surface area contributed by atoms with Gasteiger partial charge in [0.2, 0.25) is 5.91 Å². The molecule has 306 valence electrons. The van der Waals surface area contributed by atoms with E-state index in [0.717, 1.165) is 70.0 Å². The van der Waals surface area contributed by atoms with Gasteiger partial charge >= 0.3 is 0 Å². The van der Waals surface area contributed by atoms with Crippen molar-refractivity contribution in [3.05, 3.63) is 36.8 Å². The molecule has 6 rings (SSSR count). The first-order chi connectivity index (χ1) is 24.8. The maximum atomic E-state index is 14.2. The summed E-state index contributed by atoms with van der Waals surface area (Å²) in [6.07, 6.45) is 12.3. The third kappa shape index (κ3) is 6.53. The molecular weight excluding hydrogens is 697 g/mol. The molecular formula is C44H74N4O5S. The Balaban J connectivity index is 1.24. The van der Waals surface area contributed by atoms with Crippen LogP contribution in [0.2, 0.25) is 0 Å². The number of aliphatic hydroxyl groups excluding tert-OH is 1. The lowest BCUT2D eigenvalue weighted by Gasteiger charge is -2.75. The largest absolute Gasteiger partial charge is 0.513 e. The SMILES string of the molecule is C=C(O)CC(C)(C)CC(=C)O[C@H]1CC[C@]2(C)[C@H]3CCC4(N)[C@H]5[C@H](C(=C)C)CC[C@]5(CC(=O)N5CCN(S(N)(=O)=O)CC5)CC[C@@]4(C)[C@]3(C)CC[C@H]2C1(C)C. The molecule has 5 saturated carbocycles. The van der Waals surface area contributed by atoms with Gasteiger partial charge in [-0.2, -0.15) is 12.7 Å². The molecule has 1 amide bonds. The summed E-state index contributed by atoms with van der Waals surface area (Å²) in [5.74, 6) is 2.65. The third-order valence-corrected chi connectivity index (χ3v) is 18.7. The molecule has 54 heavy (non-hydrogen) atoms. The summed E-state index contributed by atoms with van der Waals surface area (Å²) in [6.45, 7) is 32.9. The summed E-state index contributed by atoms with van der Waals surface area (Å²) in [7, 11) is -3.76. The van der Waals surface area contributed by atoms with Gasteiger partial charge in [-0.1, -0.05) is 73.8 Å². The number of amides is 1. The zero-order chi connectivity index (χ0) is 40.1. The van der Waals surface area contributed by atoms with Gasteiger partial charge in [-0.05, 0) is 122 Å². The molecule has 5 N–H and O–H groups in total. The Bertz CT molecular complexity index is 1650. The van der Waals surface area contributed by atoms with E-state index in [9.17, 15) is 18.3 Å². The number of fused-ring (bicyclic) bond motifs is 7. The maximum absolute atomic E-state index is 14.2. The van der Waals surface area contributed by atoms with Crippen molar-refractivity contribution in [3.63, 3.8) is 0 Å². The monoisotopic (exact) mass is 771 g/mol. The molecule has 1 aliphatic heterocycles. The highest BCUT2D eigenvalue weighted by atomic mass is 32.2. The second-order valence-corrected chi connectivity index (χ2v) is 22.9. The molecule has 1 unspecified atom stereocenters. The Morgan fingerprint density at radius 1 is 0.870 bits per heavy atom. The summed E-state index contributed by atoms with van der Waals surface area (Å²) >= 11 is 0. The molecule has 0 bridgehead atoms. The lowest BCUT2D eigenvalue weighted by atomic mass is 9.30. The number of hydrogen-bond acceptors (Lipinski definition) is 6. The fourth-order valence-corrected chi connectivity index (χ4v) is 15.6. The second kappa shape index (κ2) is 13.6. The Morgan fingerprint density at radius 2 is 1.50 bits per heavy atom. The van der Waals surface area contributed by atoms with Gasteiger partial charge in [-0.15, -0.1) is 0 Å². The Hall–Kier alpha value is -1.88. The van der Waals surface area contributed by atoms with Crippen molar-refractivity contribution in [2.24, 2.45) is 67.0 Å². The van der Waals surface area contributed by atoms with Gasteiger partial charge < -0.3 is 20.5 Å². The normalized spacial score (nSPS) is 42.2. The molecule has 10 atom stereocenters. The van der Waals surface area contributed by atoms with Crippen LogP contribution < -0.4 is 10.9 Å². The van der Waals surface area contributed by atoms with Crippen LogP contribution in [0.15, 0.2) is 36.8 Å². The van der Waals surface area contributed by atoms with E-state index in [1.165, 1.54) is 9.88 Å². The van der Waals surface area contributed by atoms with E-state index in [1.807, 2.05) is 4.90 Å². The quantitative estimate of drug-likeness (QED) is 0.151. The number of carbonyl (C=O) groups excluding carboxylic acids is 1. The van der Waals surface area contributed by atoms with Crippen LogP contribution in [0.4, 0.5) is 0 Å². The van der Waals surface area contributed by atoms with Crippen LogP contribution in [0.25, 0.3) is 0 Å². The molecule has 5 aliphatic carbocycles. The first-order valence-electron chi connectivity index (χ1n) is 21.0. The summed E-state index contributed by atoms with van der Waals surface area (Å²) in [5.41, 5.74) is 8.62. The van der Waals surface area contributed by atoms with E-state index < -0.39 is 15.7 Å². The number of aliphatic hydroxyl groups is 1. The van der Waals surface area contributed by atoms with Crippen LogP contribution in [0.3, 0.4) is 0 Å². The first kappa shape index (κ1) is 41.7. The van der Waals surface area contributed by atoms with Crippen molar-refractivity contribution in [2.75, 3.05) is 26.2 Å². The molecule has 10 heteroatoms. The molecule has 6 aliphatic rings. The minimum Gasteiger partial charge on any atom is -0.513 e. The van der Waals surface area contributed by atoms with Crippen LogP contribution in [0.5, 0.6) is 0 Å². The highest BCUT2D eigenvalue weighted by Gasteiger charge is 2.75. The average molecular weight is 771 g/mol. The fraction of sp³-hybridized carbons (Fsp3) is 0.841. The number of ether oxygens (including phenoxy) is 1. The highest BCUT2D eigenvalue weighted by Crippen LogP contribution is 2.78. The lowest BCUT2D eigenvalue weighted by molar-refractivity contribution is -0.255. The summed E-state index contributed by atoms with van der Waals surface area (Å²) in [5, 5.41) is 15.3. The van der Waals surface area contributed by atoms with Crippen LogP contribution in [0.1, 0.15) is 139 Å². The number of hydrogen-bond donors (Lipinski definition) is 3. The van der Waals surface area contributed by atoms with E-state index in [4.69, 9.17) is 15.6 Å². The van der Waals surface area contributed by atoms with E-state index in [2.05, 4.69) is 75.1 Å². The molecule has 6 fully saturated rings. The van der Waals surface area contributed by atoms with Crippen LogP contribution in [0, 0.1) is 56.2 Å². The van der Waals surface area contributed by atoms with E-state index in [1.54, 1.807) is 0 Å². The van der Waals surface area contributed by atoms with Crippen molar-refractivity contribution in [3.8, 4) is 0 Å². The number of piperazine rings is 1. The molecule has 0 aromatic rings. The zero-order valence-electron chi connectivity index (χ0n) is 35.1. The number of nitrogens with zero attached hydrogens (tertiary/aromatic N) is 2. The van der Waals surface area contributed by atoms with Gasteiger partial charge in [0, 0.05) is 56.4 Å². The van der Waals surface area contributed by atoms with E-state index >= 15 is 0 Å². The van der Waals surface area contributed by atoms with Crippen molar-refractivity contribution in [1.29, 1.82) is 0 Å². The molecule has 0 radical (unpaired) electrons. The summed E-state index contributed by atoms with van der Waals surface area (Å²) < 4.78 is 32.0. The molecule has 1 heterocycles. The predicted molar refractivity (Wildman–Crippen MR) is 217 cm³/mol. The van der Waals surface area contributed by atoms with E-state index in [-0.39, 0.29) is 75.2 Å². The highest BCUT2D eigenvalue weighted by molar-refractivity contribution is 7.86. The number of rotatable bonds is 10.